The Labute approximate surface area is 175 Å². The Morgan fingerprint density at radius 3 is 2.45 bits per heavy atom. The molecule has 1 amide bonds. The van der Waals surface area contributed by atoms with Gasteiger partial charge in [-0.3, -0.25) is 9.69 Å². The van der Waals surface area contributed by atoms with Crippen LogP contribution in [-0.4, -0.2) is 68.8 Å². The molecule has 1 aliphatic carbocycles. The maximum Gasteiger partial charge on any atom is 0.222 e. The maximum atomic E-state index is 12.8. The molecule has 0 N–H and O–H groups in total. The van der Waals surface area contributed by atoms with Crippen molar-refractivity contribution in [2.24, 2.45) is 11.3 Å². The molecule has 0 bridgehead atoms. The highest BCUT2D eigenvalue weighted by atomic mass is 16.5. The Kier molecular flexibility index (Phi) is 6.45. The van der Waals surface area contributed by atoms with Gasteiger partial charge in [0.25, 0.3) is 0 Å². The molecule has 2 aliphatic heterocycles. The van der Waals surface area contributed by atoms with Gasteiger partial charge in [0.2, 0.25) is 5.91 Å². The molecule has 3 aliphatic rings. The Bertz CT molecular complexity index is 678. The molecule has 2 saturated heterocycles. The van der Waals surface area contributed by atoms with Gasteiger partial charge in [-0.2, -0.15) is 0 Å². The first-order chi connectivity index (χ1) is 14.1. The predicted molar refractivity (Wildman–Crippen MR) is 114 cm³/mol. The van der Waals surface area contributed by atoms with Crippen LogP contribution in [0.1, 0.15) is 44.1 Å². The number of amides is 1. The molecule has 1 spiro atoms. The average Bonchev–Trinajstić information content (AvgIpc) is 3.03. The number of ether oxygens (including phenoxy) is 2. The van der Waals surface area contributed by atoms with E-state index in [0.717, 1.165) is 50.8 Å². The number of likely N-dealkylation sites (tertiary alicyclic amines) is 2. The number of piperidine rings is 1. The van der Waals surface area contributed by atoms with Gasteiger partial charge in [0.05, 0.1) is 13.7 Å². The normalized spacial score (nSPS) is 24.6. The molecule has 5 heteroatoms. The number of nitrogens with zero attached hydrogens (tertiary/aromatic N) is 2. The number of carbonyl (C=O) groups excluding carboxylic acids is 1. The van der Waals surface area contributed by atoms with E-state index >= 15 is 0 Å². The van der Waals surface area contributed by atoms with Crippen LogP contribution in [0.15, 0.2) is 24.3 Å². The fourth-order valence-corrected chi connectivity index (χ4v) is 5.50. The van der Waals surface area contributed by atoms with Crippen LogP contribution in [0, 0.1) is 11.3 Å². The second kappa shape index (κ2) is 9.05. The summed E-state index contributed by atoms with van der Waals surface area (Å²) >= 11 is 0. The molecule has 0 aromatic heterocycles. The van der Waals surface area contributed by atoms with Crippen molar-refractivity contribution in [1.82, 2.24) is 9.80 Å². The van der Waals surface area contributed by atoms with Crippen molar-refractivity contribution in [3.05, 3.63) is 29.8 Å². The Hall–Kier alpha value is -1.59. The molecule has 1 aromatic rings. The number of benzene rings is 1. The highest BCUT2D eigenvalue weighted by Gasteiger charge is 2.50. The first kappa shape index (κ1) is 20.7. The van der Waals surface area contributed by atoms with Crippen molar-refractivity contribution < 1.29 is 14.3 Å². The highest BCUT2D eigenvalue weighted by Crippen LogP contribution is 2.47. The standard InChI is InChI=1S/C24H36N2O3/c1-28-17-20-16-26(21-4-3-5-21)18-24(20)12-14-25(15-13-24)23(27)11-8-19-6-9-22(29-2)10-7-19/h6-7,9-10,20-21H,3-5,8,11-18H2,1-2H3. The van der Waals surface area contributed by atoms with Crippen molar-refractivity contribution in [3.8, 4) is 5.75 Å². The summed E-state index contributed by atoms with van der Waals surface area (Å²) in [6, 6.07) is 8.85. The summed E-state index contributed by atoms with van der Waals surface area (Å²) in [4.78, 5) is 17.6. The molecule has 1 unspecified atom stereocenters. The van der Waals surface area contributed by atoms with Gasteiger partial charge >= 0.3 is 0 Å². The van der Waals surface area contributed by atoms with Crippen molar-refractivity contribution in [1.29, 1.82) is 0 Å². The molecule has 1 saturated carbocycles. The number of carbonyl (C=O) groups is 1. The van der Waals surface area contributed by atoms with Gasteiger partial charge in [-0.15, -0.1) is 0 Å². The van der Waals surface area contributed by atoms with E-state index in [4.69, 9.17) is 9.47 Å². The van der Waals surface area contributed by atoms with Crippen molar-refractivity contribution in [3.63, 3.8) is 0 Å². The quantitative estimate of drug-likeness (QED) is 0.704. The minimum atomic E-state index is 0.299. The molecule has 5 nitrogen and oxygen atoms in total. The second-order valence-electron chi connectivity index (χ2n) is 9.26. The van der Waals surface area contributed by atoms with Crippen LogP contribution in [0.5, 0.6) is 5.75 Å². The van der Waals surface area contributed by atoms with Crippen LogP contribution < -0.4 is 4.74 Å². The molecule has 1 aromatic carbocycles. The van der Waals surface area contributed by atoms with E-state index in [1.54, 1.807) is 7.11 Å². The first-order valence-electron chi connectivity index (χ1n) is 11.3. The molecule has 2 heterocycles. The predicted octanol–water partition coefficient (Wildman–Crippen LogP) is 3.37. The summed E-state index contributed by atoms with van der Waals surface area (Å²) in [5.41, 5.74) is 1.54. The van der Waals surface area contributed by atoms with E-state index in [2.05, 4.69) is 21.9 Å². The molecular formula is C24H36N2O3. The maximum absolute atomic E-state index is 12.8. The van der Waals surface area contributed by atoms with Crippen molar-refractivity contribution in [2.45, 2.75) is 51.0 Å². The van der Waals surface area contributed by atoms with Crippen LogP contribution in [-0.2, 0) is 16.0 Å². The lowest BCUT2D eigenvalue weighted by atomic mass is 9.71. The second-order valence-corrected chi connectivity index (χ2v) is 9.26. The molecule has 29 heavy (non-hydrogen) atoms. The van der Waals surface area contributed by atoms with Gasteiger partial charge in [0, 0.05) is 51.7 Å². The summed E-state index contributed by atoms with van der Waals surface area (Å²) in [6.45, 7) is 5.05. The number of rotatable bonds is 7. The summed E-state index contributed by atoms with van der Waals surface area (Å²) in [5.74, 6) is 1.77. The van der Waals surface area contributed by atoms with Crippen molar-refractivity contribution >= 4 is 5.91 Å². The van der Waals surface area contributed by atoms with Crippen LogP contribution in [0.3, 0.4) is 0 Å². The zero-order valence-electron chi connectivity index (χ0n) is 18.1. The molecule has 4 rings (SSSR count). The summed E-state index contributed by atoms with van der Waals surface area (Å²) in [7, 11) is 3.51. The van der Waals surface area contributed by atoms with Crippen molar-refractivity contribution in [2.75, 3.05) is 47.0 Å². The topological polar surface area (TPSA) is 42.0 Å². The number of aryl methyl sites for hydroxylation is 1. The Balaban J connectivity index is 1.29. The third-order valence-electron chi connectivity index (χ3n) is 7.70. The molecule has 3 fully saturated rings. The third-order valence-corrected chi connectivity index (χ3v) is 7.70. The van der Waals surface area contributed by atoms with Crippen LogP contribution in [0.2, 0.25) is 0 Å². The lowest BCUT2D eigenvalue weighted by molar-refractivity contribution is -0.134. The van der Waals surface area contributed by atoms with Gasteiger partial charge in [0.1, 0.15) is 5.75 Å². The molecule has 160 valence electrons. The van der Waals surface area contributed by atoms with E-state index in [0.29, 0.717) is 23.7 Å². The molecular weight excluding hydrogens is 364 g/mol. The largest absolute Gasteiger partial charge is 0.497 e. The molecule has 0 radical (unpaired) electrons. The summed E-state index contributed by atoms with van der Waals surface area (Å²) < 4.78 is 10.8. The van der Waals surface area contributed by atoms with Gasteiger partial charge in [-0.25, -0.2) is 0 Å². The first-order valence-corrected chi connectivity index (χ1v) is 11.3. The number of methoxy groups -OCH3 is 2. The van der Waals surface area contributed by atoms with Gasteiger partial charge in [-0.1, -0.05) is 18.6 Å². The highest BCUT2D eigenvalue weighted by molar-refractivity contribution is 5.76. The average molecular weight is 401 g/mol. The zero-order chi connectivity index (χ0) is 20.3. The summed E-state index contributed by atoms with van der Waals surface area (Å²) in [5, 5.41) is 0. The molecule has 1 atom stereocenters. The fourth-order valence-electron chi connectivity index (χ4n) is 5.50. The Morgan fingerprint density at radius 1 is 1.14 bits per heavy atom. The van der Waals surface area contributed by atoms with Crippen LogP contribution in [0.25, 0.3) is 0 Å². The Morgan fingerprint density at radius 2 is 1.86 bits per heavy atom. The third kappa shape index (κ3) is 4.46. The fraction of sp³-hybridized carbons (Fsp3) is 0.708. The number of hydrogen-bond donors (Lipinski definition) is 0. The van der Waals surface area contributed by atoms with E-state index in [1.807, 2.05) is 19.2 Å². The summed E-state index contributed by atoms with van der Waals surface area (Å²) in [6.07, 6.45) is 7.76. The van der Waals surface area contributed by atoms with E-state index in [9.17, 15) is 4.79 Å². The van der Waals surface area contributed by atoms with Gasteiger partial charge < -0.3 is 14.4 Å². The van der Waals surface area contributed by atoms with Gasteiger partial charge in [0.15, 0.2) is 0 Å². The van der Waals surface area contributed by atoms with Crippen LogP contribution >= 0.6 is 0 Å². The monoisotopic (exact) mass is 400 g/mol. The van der Waals surface area contributed by atoms with E-state index in [1.165, 1.54) is 37.9 Å². The van der Waals surface area contributed by atoms with E-state index in [-0.39, 0.29) is 0 Å². The lowest BCUT2D eigenvalue weighted by Gasteiger charge is -2.43. The lowest BCUT2D eigenvalue weighted by Crippen LogP contribution is -2.47. The SMILES string of the molecule is COCC1CN(C2CCC2)CC12CCN(C(=O)CCc1ccc(OC)cc1)CC2. The smallest absolute Gasteiger partial charge is 0.222 e. The zero-order valence-corrected chi connectivity index (χ0v) is 18.1. The number of hydrogen-bond acceptors (Lipinski definition) is 4. The van der Waals surface area contributed by atoms with Gasteiger partial charge in [-0.05, 0) is 55.2 Å². The van der Waals surface area contributed by atoms with E-state index < -0.39 is 0 Å². The minimum Gasteiger partial charge on any atom is -0.497 e. The minimum absolute atomic E-state index is 0.299. The van der Waals surface area contributed by atoms with Crippen LogP contribution in [0.4, 0.5) is 0 Å².